The van der Waals surface area contributed by atoms with Gasteiger partial charge in [0.05, 0.1) is 0 Å². The van der Waals surface area contributed by atoms with Crippen molar-refractivity contribution in [3.63, 3.8) is 0 Å². The third kappa shape index (κ3) is 6.78. The van der Waals surface area contributed by atoms with Crippen LogP contribution in [0.1, 0.15) is 48.6 Å². The third-order valence-electron chi connectivity index (χ3n) is 14.4. The molecule has 0 fully saturated rings. The second-order valence-corrected chi connectivity index (χ2v) is 20.5. The molecule has 0 N–H and O–H groups in total. The number of para-hydroxylation sites is 4. The average molecular weight is 1100 g/mol. The number of benzene rings is 9. The molecule has 0 amide bonds. The van der Waals surface area contributed by atoms with Gasteiger partial charge in [0.2, 0.25) is 0 Å². The van der Waals surface area contributed by atoms with Crippen molar-refractivity contribution in [1.82, 2.24) is 14.1 Å². The van der Waals surface area contributed by atoms with Crippen LogP contribution < -0.4 is 9.64 Å². The Morgan fingerprint density at radius 3 is 1.65 bits per heavy atom. The van der Waals surface area contributed by atoms with Gasteiger partial charge < -0.3 is 0 Å². The maximum absolute atomic E-state index is 7.07. The van der Waals surface area contributed by atoms with Crippen LogP contribution in [-0.2, 0) is 30.2 Å². The predicted octanol–water partition coefficient (Wildman–Crippen LogP) is 16.5. The summed E-state index contributed by atoms with van der Waals surface area (Å²) >= 11 is 2.51. The molecule has 1 aliphatic heterocycles. The molecule has 0 saturated heterocycles. The minimum absolute atomic E-state index is 0.0754. The van der Waals surface area contributed by atoms with Crippen molar-refractivity contribution in [1.29, 1.82) is 0 Å². The summed E-state index contributed by atoms with van der Waals surface area (Å²) in [4.78, 5) is 7.47. The molecule has 0 bridgehead atoms. The summed E-state index contributed by atoms with van der Waals surface area (Å²) < 4.78 is 12.9. The fraction of sp³-hybridized carbons (Fsp3) is 0.0769. The van der Waals surface area contributed by atoms with Crippen molar-refractivity contribution < 1.29 is 24.1 Å². The molecular weight excluding hydrogens is 1050 g/mol. The van der Waals surface area contributed by atoms with E-state index in [-0.39, 0.29) is 5.41 Å². The molecule has 1 aliphatic carbocycles. The van der Waals surface area contributed by atoms with Crippen LogP contribution in [0.2, 0.25) is 0 Å². The normalized spacial score (nSPS) is 13.2. The Morgan fingerprint density at radius 2 is 0.986 bits per heavy atom. The van der Waals surface area contributed by atoms with Crippen LogP contribution in [-0.4, -0.2) is 14.1 Å². The molecule has 0 saturated carbocycles. The topological polar surface area (TPSA) is 35.2 Å². The van der Waals surface area contributed by atoms with E-state index in [1.807, 2.05) is 6.20 Å². The van der Waals surface area contributed by atoms with E-state index in [0.717, 1.165) is 77.2 Å². The number of hydrogen-bond acceptors (Lipinski definition) is 3. The number of anilines is 3. The fourth-order valence-electron chi connectivity index (χ4n) is 11.3. The Morgan fingerprint density at radius 1 is 0.451 bits per heavy atom. The number of rotatable bonds is 7. The summed E-state index contributed by atoms with van der Waals surface area (Å²) in [6.07, 6.45) is 1.95. The van der Waals surface area contributed by atoms with Gasteiger partial charge in [-0.15, -0.1) is 0 Å². The van der Waals surface area contributed by atoms with E-state index in [4.69, 9.17) is 9.72 Å². The van der Waals surface area contributed by atoms with Crippen LogP contribution in [0.15, 0.2) is 237 Å². The zero-order valence-electron chi connectivity index (χ0n) is 39.5. The quantitative estimate of drug-likeness (QED) is 0.160. The SMILES string of the molecule is CC(C)(C)c1ccnc(N2c3ccccc3C3(c4ccccc4-c4ccccc43)c3ccc(Oc4cccc(-n5[c](=[Pt])n(-c6c(-c7ccccc7)cccc6-c6ccccc6)c6ccccc65)c4)cc32)c1. The summed E-state index contributed by atoms with van der Waals surface area (Å²) in [6.45, 7) is 6.77. The van der Waals surface area contributed by atoms with Crippen LogP contribution in [0.5, 0.6) is 11.5 Å². The van der Waals surface area contributed by atoms with Crippen LogP contribution in [0, 0.1) is 3.80 Å². The molecular formula is C65H48N4OPt. The molecule has 344 valence electrons. The van der Waals surface area contributed by atoms with Crippen molar-refractivity contribution in [3.8, 4) is 56.3 Å². The van der Waals surface area contributed by atoms with Gasteiger partial charge in [0.25, 0.3) is 0 Å². The van der Waals surface area contributed by atoms with E-state index in [9.17, 15) is 0 Å². The second-order valence-electron chi connectivity index (χ2n) is 19.5. The summed E-state index contributed by atoms with van der Waals surface area (Å²) in [5, 5.41) is 0. The van der Waals surface area contributed by atoms with Gasteiger partial charge in [-0.2, -0.15) is 0 Å². The first-order valence-corrected chi connectivity index (χ1v) is 25.3. The molecule has 6 heteroatoms. The van der Waals surface area contributed by atoms with Gasteiger partial charge in [-0.1, -0.05) is 87.5 Å². The average Bonchev–Trinajstić information content (AvgIpc) is 3.88. The zero-order chi connectivity index (χ0) is 47.8. The van der Waals surface area contributed by atoms with Crippen LogP contribution in [0.3, 0.4) is 0 Å². The number of fused-ring (bicyclic) bond motifs is 10. The predicted molar refractivity (Wildman–Crippen MR) is 285 cm³/mol. The third-order valence-corrected chi connectivity index (χ3v) is 15.4. The van der Waals surface area contributed by atoms with Gasteiger partial charge in [0.15, 0.2) is 0 Å². The number of imidazole rings is 1. The molecule has 2 aliphatic rings. The van der Waals surface area contributed by atoms with Gasteiger partial charge in [0, 0.05) is 6.20 Å². The Hall–Kier alpha value is -8.11. The Bertz CT molecular complexity index is 3840. The summed E-state index contributed by atoms with van der Waals surface area (Å²) in [5.41, 5.74) is 19.1. The molecule has 0 radical (unpaired) electrons. The molecule has 13 rings (SSSR count). The number of pyridine rings is 1. The zero-order valence-corrected chi connectivity index (χ0v) is 41.8. The van der Waals surface area contributed by atoms with Crippen LogP contribution >= 0.6 is 0 Å². The van der Waals surface area contributed by atoms with Crippen molar-refractivity contribution in [2.24, 2.45) is 0 Å². The molecule has 0 atom stereocenters. The standard InChI is InChI=1S/C65H48N4O.Pt/c1-64(2,3)46-38-39-66-62(40-46)69-58-33-15-14-32-56(58)65(54-30-12-10-26-52(54)53-27-11-13-31-55(53)65)57-37-36-49(42-61(57)69)70-48-25-18-24-47(41-48)67-43-68(60-35-17-16-34-59(60)67)63-50(44-20-6-4-7-21-44)28-19-29-51(63)45-22-8-5-9-23-45;/h4-42H,1-3H3;. The minimum atomic E-state index is -0.573. The second kappa shape index (κ2) is 16.8. The van der Waals surface area contributed by atoms with E-state index >= 15 is 0 Å². The summed E-state index contributed by atoms with van der Waals surface area (Å²) in [5.74, 6) is 2.34. The summed E-state index contributed by atoms with van der Waals surface area (Å²) in [6, 6.07) is 83.1. The first-order chi connectivity index (χ1) is 34.8. The van der Waals surface area contributed by atoms with Gasteiger partial charge >= 0.3 is 306 Å². The molecule has 9 aromatic carbocycles. The van der Waals surface area contributed by atoms with E-state index < -0.39 is 5.41 Å². The fourth-order valence-corrected chi connectivity index (χ4v) is 12.4. The molecule has 3 heterocycles. The van der Waals surface area contributed by atoms with Crippen molar-refractivity contribution in [3.05, 3.63) is 268 Å². The maximum atomic E-state index is 7.07. The number of nitrogens with zero attached hydrogens (tertiary/aromatic N) is 4. The van der Waals surface area contributed by atoms with Gasteiger partial charge in [-0.05, 0) is 28.2 Å². The number of aromatic nitrogens is 3. The molecule has 0 unspecified atom stereocenters. The first-order valence-electron chi connectivity index (χ1n) is 24.2. The van der Waals surface area contributed by atoms with Gasteiger partial charge in [-0.3, -0.25) is 0 Å². The molecule has 11 aromatic rings. The van der Waals surface area contributed by atoms with Crippen LogP contribution in [0.4, 0.5) is 17.2 Å². The van der Waals surface area contributed by atoms with Gasteiger partial charge in [0.1, 0.15) is 0 Å². The molecule has 1 spiro atoms. The first kappa shape index (κ1) is 42.9. The Kier molecular flexibility index (Phi) is 10.2. The molecule has 5 nitrogen and oxygen atoms in total. The van der Waals surface area contributed by atoms with Crippen molar-refractivity contribution in [2.75, 3.05) is 4.90 Å². The van der Waals surface area contributed by atoms with Crippen molar-refractivity contribution in [2.45, 2.75) is 31.6 Å². The van der Waals surface area contributed by atoms with E-state index in [1.165, 1.54) is 38.9 Å². The molecule has 71 heavy (non-hydrogen) atoms. The van der Waals surface area contributed by atoms with E-state index in [2.05, 4.69) is 285 Å². The number of ether oxygens (including phenoxy) is 1. The Balaban J connectivity index is 0.979. The van der Waals surface area contributed by atoms with E-state index in [1.54, 1.807) is 0 Å². The monoisotopic (exact) mass is 1100 g/mol. The van der Waals surface area contributed by atoms with Crippen molar-refractivity contribution >= 4 is 28.2 Å². The van der Waals surface area contributed by atoms with E-state index in [0.29, 0.717) is 0 Å². The summed E-state index contributed by atoms with van der Waals surface area (Å²) in [7, 11) is 0. The molecule has 2 aromatic heterocycles. The van der Waals surface area contributed by atoms with Crippen LogP contribution in [0.25, 0.3) is 55.8 Å². The Labute approximate surface area is 425 Å². The number of hydrogen-bond donors (Lipinski definition) is 0. The van der Waals surface area contributed by atoms with Gasteiger partial charge in [-0.25, -0.2) is 0 Å².